The van der Waals surface area contributed by atoms with Crippen LogP contribution in [0.2, 0.25) is 0 Å². The Labute approximate surface area is 122 Å². The standard InChI is InChI=1S/C18H16N2O/c1-2-8-15-14(7-1)13(12-19-15)6-5-11-18-20-16-9-3-4-10-17(16)21-18/h1-4,7-10,12,19H,5-6,11H2. The molecule has 0 atom stereocenters. The summed E-state index contributed by atoms with van der Waals surface area (Å²) in [6, 6.07) is 16.3. The smallest absolute Gasteiger partial charge is 0.195 e. The fraction of sp³-hybridized carbons (Fsp3) is 0.167. The van der Waals surface area contributed by atoms with Gasteiger partial charge in [0.25, 0.3) is 0 Å². The molecule has 0 bridgehead atoms. The van der Waals surface area contributed by atoms with Crippen molar-refractivity contribution in [2.75, 3.05) is 0 Å². The number of hydrogen-bond acceptors (Lipinski definition) is 2. The van der Waals surface area contributed by atoms with Crippen molar-refractivity contribution < 1.29 is 4.42 Å². The lowest BCUT2D eigenvalue weighted by atomic mass is 10.1. The van der Waals surface area contributed by atoms with Crippen LogP contribution in [-0.2, 0) is 12.8 Å². The van der Waals surface area contributed by atoms with Gasteiger partial charge < -0.3 is 9.40 Å². The van der Waals surface area contributed by atoms with Crippen molar-refractivity contribution in [2.24, 2.45) is 0 Å². The van der Waals surface area contributed by atoms with Crippen molar-refractivity contribution in [3.8, 4) is 0 Å². The highest BCUT2D eigenvalue weighted by Crippen LogP contribution is 2.20. The van der Waals surface area contributed by atoms with E-state index in [0.29, 0.717) is 0 Å². The van der Waals surface area contributed by atoms with Crippen molar-refractivity contribution in [2.45, 2.75) is 19.3 Å². The van der Waals surface area contributed by atoms with Gasteiger partial charge in [-0.3, -0.25) is 0 Å². The molecule has 0 aliphatic rings. The predicted octanol–water partition coefficient (Wildman–Crippen LogP) is 4.48. The number of para-hydroxylation sites is 3. The van der Waals surface area contributed by atoms with Gasteiger partial charge in [0.15, 0.2) is 11.5 Å². The third-order valence-corrected chi connectivity index (χ3v) is 3.85. The van der Waals surface area contributed by atoms with Crippen LogP contribution in [0, 0.1) is 0 Å². The zero-order valence-corrected chi connectivity index (χ0v) is 11.7. The van der Waals surface area contributed by atoms with Crippen molar-refractivity contribution in [3.05, 3.63) is 66.2 Å². The number of nitrogens with zero attached hydrogens (tertiary/aromatic N) is 1. The van der Waals surface area contributed by atoms with E-state index >= 15 is 0 Å². The van der Waals surface area contributed by atoms with Crippen LogP contribution in [0.5, 0.6) is 0 Å². The van der Waals surface area contributed by atoms with E-state index in [1.807, 2.05) is 24.3 Å². The normalized spacial score (nSPS) is 11.4. The number of nitrogens with one attached hydrogen (secondary N) is 1. The molecule has 0 unspecified atom stereocenters. The van der Waals surface area contributed by atoms with Crippen molar-refractivity contribution in [1.82, 2.24) is 9.97 Å². The summed E-state index contributed by atoms with van der Waals surface area (Å²) in [4.78, 5) is 7.84. The van der Waals surface area contributed by atoms with Gasteiger partial charge in [-0.25, -0.2) is 4.98 Å². The van der Waals surface area contributed by atoms with Crippen LogP contribution in [0.15, 0.2) is 59.1 Å². The minimum absolute atomic E-state index is 0.830. The van der Waals surface area contributed by atoms with Gasteiger partial charge in [-0.05, 0) is 36.6 Å². The first kappa shape index (κ1) is 12.2. The monoisotopic (exact) mass is 276 g/mol. The third-order valence-electron chi connectivity index (χ3n) is 3.85. The van der Waals surface area contributed by atoms with Gasteiger partial charge >= 0.3 is 0 Å². The number of aromatic nitrogens is 2. The highest BCUT2D eigenvalue weighted by Gasteiger charge is 2.06. The van der Waals surface area contributed by atoms with Crippen LogP contribution < -0.4 is 0 Å². The Balaban J connectivity index is 1.47. The number of fused-ring (bicyclic) bond motifs is 2. The summed E-state index contributed by atoms with van der Waals surface area (Å²) in [6.45, 7) is 0. The van der Waals surface area contributed by atoms with Crippen molar-refractivity contribution in [3.63, 3.8) is 0 Å². The fourth-order valence-electron chi connectivity index (χ4n) is 2.80. The Morgan fingerprint density at radius 2 is 1.81 bits per heavy atom. The van der Waals surface area contributed by atoms with E-state index in [2.05, 4.69) is 40.4 Å². The summed E-state index contributed by atoms with van der Waals surface area (Å²) in [5.74, 6) is 0.830. The molecule has 0 fully saturated rings. The number of hydrogen-bond donors (Lipinski definition) is 1. The van der Waals surface area contributed by atoms with Gasteiger partial charge in [-0.1, -0.05) is 30.3 Å². The molecular weight excluding hydrogens is 260 g/mol. The molecular formula is C18H16N2O. The molecule has 104 valence electrons. The second kappa shape index (κ2) is 5.09. The number of aromatic amines is 1. The third kappa shape index (κ3) is 2.31. The topological polar surface area (TPSA) is 41.8 Å². The SMILES string of the molecule is c1ccc2oc(CCCc3c[nH]c4ccccc34)nc2c1. The predicted molar refractivity (Wildman–Crippen MR) is 84.3 cm³/mol. The number of benzene rings is 2. The molecule has 21 heavy (non-hydrogen) atoms. The van der Waals surface area contributed by atoms with E-state index in [0.717, 1.165) is 36.3 Å². The van der Waals surface area contributed by atoms with Crippen LogP contribution in [-0.4, -0.2) is 9.97 Å². The molecule has 2 aromatic heterocycles. The zero-order chi connectivity index (χ0) is 14.1. The van der Waals surface area contributed by atoms with Crippen molar-refractivity contribution >= 4 is 22.0 Å². The quantitative estimate of drug-likeness (QED) is 0.597. The molecule has 0 spiro atoms. The molecule has 0 radical (unpaired) electrons. The number of aryl methyl sites for hydroxylation is 2. The maximum absolute atomic E-state index is 5.76. The van der Waals surface area contributed by atoms with E-state index in [1.165, 1.54) is 16.5 Å². The molecule has 0 amide bonds. The lowest BCUT2D eigenvalue weighted by Gasteiger charge is -1.97. The average molecular weight is 276 g/mol. The summed E-state index contributed by atoms with van der Waals surface area (Å²) < 4.78 is 5.76. The van der Waals surface area contributed by atoms with Crippen LogP contribution >= 0.6 is 0 Å². The highest BCUT2D eigenvalue weighted by atomic mass is 16.3. The average Bonchev–Trinajstić information content (AvgIpc) is 3.11. The molecule has 4 rings (SSSR count). The highest BCUT2D eigenvalue weighted by molar-refractivity contribution is 5.83. The lowest BCUT2D eigenvalue weighted by Crippen LogP contribution is -1.89. The van der Waals surface area contributed by atoms with Crippen LogP contribution in [0.1, 0.15) is 17.9 Å². The van der Waals surface area contributed by atoms with Gasteiger partial charge in [-0.2, -0.15) is 0 Å². The number of H-pyrrole nitrogens is 1. The summed E-state index contributed by atoms with van der Waals surface area (Å²) >= 11 is 0. The summed E-state index contributed by atoms with van der Waals surface area (Å²) in [5.41, 5.74) is 4.38. The lowest BCUT2D eigenvalue weighted by molar-refractivity contribution is 0.520. The fourth-order valence-corrected chi connectivity index (χ4v) is 2.80. The molecule has 2 aromatic carbocycles. The molecule has 2 heterocycles. The molecule has 0 aliphatic carbocycles. The Morgan fingerprint density at radius 1 is 0.952 bits per heavy atom. The van der Waals surface area contributed by atoms with Gasteiger partial charge in [-0.15, -0.1) is 0 Å². The molecule has 4 aromatic rings. The molecule has 1 N–H and O–H groups in total. The van der Waals surface area contributed by atoms with Crippen LogP contribution in [0.4, 0.5) is 0 Å². The summed E-state index contributed by atoms with van der Waals surface area (Å²) in [6.07, 6.45) is 5.04. The molecule has 0 aliphatic heterocycles. The van der Waals surface area contributed by atoms with Crippen LogP contribution in [0.3, 0.4) is 0 Å². The minimum atomic E-state index is 0.830. The Hall–Kier alpha value is -2.55. The zero-order valence-electron chi connectivity index (χ0n) is 11.7. The Morgan fingerprint density at radius 3 is 2.76 bits per heavy atom. The Bertz CT molecular complexity index is 855. The number of oxazole rings is 1. The maximum Gasteiger partial charge on any atom is 0.195 e. The molecule has 0 saturated heterocycles. The van der Waals surface area contributed by atoms with E-state index in [-0.39, 0.29) is 0 Å². The first-order valence-corrected chi connectivity index (χ1v) is 7.29. The van der Waals surface area contributed by atoms with Gasteiger partial charge in [0.1, 0.15) is 5.52 Å². The first-order chi connectivity index (χ1) is 10.4. The van der Waals surface area contributed by atoms with E-state index in [9.17, 15) is 0 Å². The summed E-state index contributed by atoms with van der Waals surface area (Å²) in [7, 11) is 0. The summed E-state index contributed by atoms with van der Waals surface area (Å²) in [5, 5.41) is 1.31. The van der Waals surface area contributed by atoms with Crippen molar-refractivity contribution in [1.29, 1.82) is 0 Å². The van der Waals surface area contributed by atoms with Gasteiger partial charge in [0.05, 0.1) is 0 Å². The van der Waals surface area contributed by atoms with E-state index < -0.39 is 0 Å². The Kier molecular flexibility index (Phi) is 2.96. The van der Waals surface area contributed by atoms with E-state index in [1.54, 1.807) is 0 Å². The molecule has 3 nitrogen and oxygen atoms in total. The number of rotatable bonds is 4. The molecule has 3 heteroatoms. The molecule has 0 saturated carbocycles. The minimum Gasteiger partial charge on any atom is -0.441 e. The first-order valence-electron chi connectivity index (χ1n) is 7.29. The van der Waals surface area contributed by atoms with E-state index in [4.69, 9.17) is 4.42 Å². The van der Waals surface area contributed by atoms with Gasteiger partial charge in [0.2, 0.25) is 0 Å². The second-order valence-corrected chi connectivity index (χ2v) is 5.29. The van der Waals surface area contributed by atoms with Crippen LogP contribution in [0.25, 0.3) is 22.0 Å². The van der Waals surface area contributed by atoms with Gasteiger partial charge in [0, 0.05) is 23.5 Å². The second-order valence-electron chi connectivity index (χ2n) is 5.29. The maximum atomic E-state index is 5.76. The largest absolute Gasteiger partial charge is 0.441 e.